The van der Waals surface area contributed by atoms with Crippen molar-refractivity contribution in [2.75, 3.05) is 19.6 Å². The zero-order valence-corrected chi connectivity index (χ0v) is 11.0. The molecule has 0 spiro atoms. The second-order valence-corrected chi connectivity index (χ2v) is 5.81. The smallest absolute Gasteiger partial charge is 0.224 e. The van der Waals surface area contributed by atoms with Gasteiger partial charge in [-0.3, -0.25) is 4.79 Å². The first-order valence-electron chi connectivity index (χ1n) is 7.26. The second-order valence-electron chi connectivity index (χ2n) is 5.81. The summed E-state index contributed by atoms with van der Waals surface area (Å²) in [5.74, 6) is 1.98. The van der Waals surface area contributed by atoms with Crippen LogP contribution >= 0.6 is 0 Å². The first-order valence-corrected chi connectivity index (χ1v) is 7.26. The van der Waals surface area contributed by atoms with Crippen molar-refractivity contribution in [1.29, 1.82) is 0 Å². The van der Waals surface area contributed by atoms with E-state index >= 15 is 0 Å². The molecular weight excluding hydrogens is 212 g/mol. The molecule has 3 atom stereocenters. The van der Waals surface area contributed by atoms with Gasteiger partial charge >= 0.3 is 0 Å². The van der Waals surface area contributed by atoms with E-state index < -0.39 is 0 Å². The Morgan fingerprint density at radius 2 is 2.06 bits per heavy atom. The molecule has 2 rings (SSSR count). The van der Waals surface area contributed by atoms with Gasteiger partial charge in [0.05, 0.1) is 5.92 Å². The van der Waals surface area contributed by atoms with Crippen molar-refractivity contribution < 1.29 is 4.79 Å². The summed E-state index contributed by atoms with van der Waals surface area (Å²) in [6.07, 6.45) is 7.54. The van der Waals surface area contributed by atoms with Crippen LogP contribution in [0.15, 0.2) is 0 Å². The van der Waals surface area contributed by atoms with E-state index in [1.165, 1.54) is 25.7 Å². The number of piperidine rings is 1. The maximum Gasteiger partial charge on any atom is 0.224 e. The van der Waals surface area contributed by atoms with E-state index in [-0.39, 0.29) is 11.8 Å². The SMILES string of the molecule is CC1CCCCC1CNC(=O)[C@@H]1CCCNC1. The Kier molecular flexibility index (Phi) is 4.84. The van der Waals surface area contributed by atoms with Crippen molar-refractivity contribution in [3.05, 3.63) is 0 Å². The predicted octanol–water partition coefficient (Wildman–Crippen LogP) is 1.93. The molecule has 0 aromatic rings. The Hall–Kier alpha value is -0.570. The lowest BCUT2D eigenvalue weighted by Gasteiger charge is -2.30. The number of carbonyl (C=O) groups excluding carboxylic acids is 1. The predicted molar refractivity (Wildman–Crippen MR) is 69.7 cm³/mol. The monoisotopic (exact) mass is 238 g/mol. The minimum absolute atomic E-state index is 0.211. The standard InChI is InChI=1S/C14H26N2O/c1-11-5-2-3-6-12(11)10-16-14(17)13-7-4-8-15-9-13/h11-13,15H,2-10H2,1H3,(H,16,17)/t11?,12?,13-/m1/s1. The Balaban J connectivity index is 1.71. The molecule has 2 fully saturated rings. The van der Waals surface area contributed by atoms with E-state index in [2.05, 4.69) is 17.6 Å². The summed E-state index contributed by atoms with van der Waals surface area (Å²) in [7, 11) is 0. The average molecular weight is 238 g/mol. The van der Waals surface area contributed by atoms with E-state index in [0.717, 1.165) is 38.4 Å². The number of nitrogens with one attached hydrogen (secondary N) is 2. The van der Waals surface area contributed by atoms with E-state index in [4.69, 9.17) is 0 Å². The van der Waals surface area contributed by atoms with Gasteiger partial charge in [-0.1, -0.05) is 26.2 Å². The third-order valence-corrected chi connectivity index (χ3v) is 4.50. The third-order valence-electron chi connectivity index (χ3n) is 4.50. The van der Waals surface area contributed by atoms with Crippen LogP contribution in [0.1, 0.15) is 45.4 Å². The van der Waals surface area contributed by atoms with E-state index in [9.17, 15) is 4.79 Å². The summed E-state index contributed by atoms with van der Waals surface area (Å²) in [4.78, 5) is 12.0. The van der Waals surface area contributed by atoms with Crippen molar-refractivity contribution in [2.24, 2.45) is 17.8 Å². The average Bonchev–Trinajstić information content (AvgIpc) is 2.38. The van der Waals surface area contributed by atoms with Crippen molar-refractivity contribution >= 4 is 5.91 Å². The topological polar surface area (TPSA) is 41.1 Å². The highest BCUT2D eigenvalue weighted by molar-refractivity contribution is 5.78. The molecule has 2 unspecified atom stereocenters. The van der Waals surface area contributed by atoms with Crippen LogP contribution in [0.2, 0.25) is 0 Å². The quantitative estimate of drug-likeness (QED) is 0.789. The van der Waals surface area contributed by atoms with Crippen LogP contribution in [-0.4, -0.2) is 25.5 Å². The summed E-state index contributed by atoms with van der Waals surface area (Å²) in [6, 6.07) is 0. The molecule has 0 bridgehead atoms. The molecule has 1 saturated heterocycles. The molecule has 2 aliphatic rings. The van der Waals surface area contributed by atoms with Gasteiger partial charge in [0.2, 0.25) is 5.91 Å². The van der Waals surface area contributed by atoms with Crippen molar-refractivity contribution in [1.82, 2.24) is 10.6 Å². The Morgan fingerprint density at radius 3 is 2.76 bits per heavy atom. The van der Waals surface area contributed by atoms with Crippen LogP contribution in [-0.2, 0) is 4.79 Å². The van der Waals surface area contributed by atoms with E-state index in [1.54, 1.807) is 0 Å². The second kappa shape index (κ2) is 6.39. The molecule has 1 saturated carbocycles. The Labute approximate surface area is 105 Å². The molecule has 17 heavy (non-hydrogen) atoms. The Bertz CT molecular complexity index is 249. The van der Waals surface area contributed by atoms with Gasteiger partial charge < -0.3 is 10.6 Å². The third kappa shape index (κ3) is 3.70. The normalized spacial score (nSPS) is 34.3. The highest BCUT2D eigenvalue weighted by atomic mass is 16.1. The lowest BCUT2D eigenvalue weighted by atomic mass is 9.80. The molecule has 2 N–H and O–H groups in total. The summed E-state index contributed by atoms with van der Waals surface area (Å²) in [5.41, 5.74) is 0. The molecule has 0 aromatic heterocycles. The summed E-state index contributed by atoms with van der Waals surface area (Å²) >= 11 is 0. The summed E-state index contributed by atoms with van der Waals surface area (Å²) in [6.45, 7) is 5.17. The highest BCUT2D eigenvalue weighted by Crippen LogP contribution is 2.28. The van der Waals surface area contributed by atoms with Crippen molar-refractivity contribution in [3.8, 4) is 0 Å². The first-order chi connectivity index (χ1) is 8.27. The van der Waals surface area contributed by atoms with Crippen LogP contribution in [0.5, 0.6) is 0 Å². The van der Waals surface area contributed by atoms with Crippen LogP contribution in [0, 0.1) is 17.8 Å². The van der Waals surface area contributed by atoms with E-state index in [0.29, 0.717) is 5.92 Å². The molecule has 1 heterocycles. The zero-order valence-electron chi connectivity index (χ0n) is 11.0. The number of amides is 1. The molecule has 0 radical (unpaired) electrons. The first kappa shape index (κ1) is 12.9. The maximum atomic E-state index is 12.0. The van der Waals surface area contributed by atoms with Gasteiger partial charge in [0.1, 0.15) is 0 Å². The summed E-state index contributed by atoms with van der Waals surface area (Å²) in [5, 5.41) is 6.48. The summed E-state index contributed by atoms with van der Waals surface area (Å²) < 4.78 is 0. The van der Waals surface area contributed by atoms with Crippen LogP contribution in [0.3, 0.4) is 0 Å². The Morgan fingerprint density at radius 1 is 1.24 bits per heavy atom. The van der Waals surface area contributed by atoms with Gasteiger partial charge in [0.15, 0.2) is 0 Å². The molecular formula is C14H26N2O. The highest BCUT2D eigenvalue weighted by Gasteiger charge is 2.24. The molecule has 0 aromatic carbocycles. The fourth-order valence-corrected chi connectivity index (χ4v) is 3.15. The van der Waals surface area contributed by atoms with Crippen LogP contribution in [0.4, 0.5) is 0 Å². The minimum atomic E-state index is 0.211. The number of hydrogen-bond acceptors (Lipinski definition) is 2. The van der Waals surface area contributed by atoms with Crippen molar-refractivity contribution in [2.45, 2.75) is 45.4 Å². The fourth-order valence-electron chi connectivity index (χ4n) is 3.15. The van der Waals surface area contributed by atoms with Gasteiger partial charge in [-0.2, -0.15) is 0 Å². The van der Waals surface area contributed by atoms with Gasteiger partial charge in [-0.05, 0) is 37.6 Å². The fraction of sp³-hybridized carbons (Fsp3) is 0.929. The molecule has 1 aliphatic heterocycles. The van der Waals surface area contributed by atoms with Crippen LogP contribution < -0.4 is 10.6 Å². The molecule has 1 amide bonds. The number of rotatable bonds is 3. The van der Waals surface area contributed by atoms with E-state index in [1.807, 2.05) is 0 Å². The zero-order chi connectivity index (χ0) is 12.1. The lowest BCUT2D eigenvalue weighted by molar-refractivity contribution is -0.125. The maximum absolute atomic E-state index is 12.0. The van der Waals surface area contributed by atoms with Gasteiger partial charge in [-0.25, -0.2) is 0 Å². The van der Waals surface area contributed by atoms with Crippen molar-refractivity contribution in [3.63, 3.8) is 0 Å². The molecule has 3 nitrogen and oxygen atoms in total. The van der Waals surface area contributed by atoms with Gasteiger partial charge in [0.25, 0.3) is 0 Å². The van der Waals surface area contributed by atoms with Crippen LogP contribution in [0.25, 0.3) is 0 Å². The number of hydrogen-bond donors (Lipinski definition) is 2. The largest absolute Gasteiger partial charge is 0.356 e. The molecule has 1 aliphatic carbocycles. The molecule has 98 valence electrons. The van der Waals surface area contributed by atoms with Gasteiger partial charge in [-0.15, -0.1) is 0 Å². The lowest BCUT2D eigenvalue weighted by Crippen LogP contribution is -2.42. The minimum Gasteiger partial charge on any atom is -0.356 e. The van der Waals surface area contributed by atoms with Gasteiger partial charge in [0, 0.05) is 13.1 Å². The number of carbonyl (C=O) groups is 1. The molecule has 3 heteroatoms.